The monoisotopic (exact) mass is 252 g/mol. The molecule has 4 nitrogen and oxygen atoms in total. The van der Waals surface area contributed by atoms with Crippen LogP contribution in [0, 0.1) is 23.0 Å². The molecule has 1 aromatic carbocycles. The molecule has 1 aliphatic rings. The van der Waals surface area contributed by atoms with Gasteiger partial charge < -0.3 is 10.0 Å². The third-order valence-corrected chi connectivity index (χ3v) is 2.97. The summed E-state index contributed by atoms with van der Waals surface area (Å²) in [5.41, 5.74) is -0.487. The van der Waals surface area contributed by atoms with E-state index < -0.39 is 23.6 Å². The first-order valence-electron chi connectivity index (χ1n) is 5.43. The zero-order valence-corrected chi connectivity index (χ0v) is 9.36. The van der Waals surface area contributed by atoms with Crippen molar-refractivity contribution >= 4 is 11.7 Å². The van der Waals surface area contributed by atoms with Crippen LogP contribution in [0.5, 0.6) is 0 Å². The van der Waals surface area contributed by atoms with Gasteiger partial charge in [0.15, 0.2) is 11.6 Å². The SMILES string of the molecule is N#Cc1cc(F)c(N2CCCC2C(=O)O)c(F)c1. The van der Waals surface area contributed by atoms with Crippen molar-refractivity contribution in [3.8, 4) is 6.07 Å². The van der Waals surface area contributed by atoms with Gasteiger partial charge in [0.2, 0.25) is 0 Å². The zero-order valence-electron chi connectivity index (χ0n) is 9.36. The molecule has 0 bridgehead atoms. The lowest BCUT2D eigenvalue weighted by Crippen LogP contribution is -2.37. The lowest BCUT2D eigenvalue weighted by atomic mass is 10.1. The van der Waals surface area contributed by atoms with Gasteiger partial charge in [-0.1, -0.05) is 0 Å². The van der Waals surface area contributed by atoms with Crippen molar-refractivity contribution in [3.63, 3.8) is 0 Å². The molecule has 0 spiro atoms. The van der Waals surface area contributed by atoms with E-state index in [0.29, 0.717) is 12.8 Å². The van der Waals surface area contributed by atoms with Crippen molar-refractivity contribution in [2.45, 2.75) is 18.9 Å². The summed E-state index contributed by atoms with van der Waals surface area (Å²) in [6, 6.07) is 2.56. The molecule has 2 rings (SSSR count). The highest BCUT2D eigenvalue weighted by atomic mass is 19.1. The van der Waals surface area contributed by atoms with Crippen LogP contribution in [-0.4, -0.2) is 23.7 Å². The van der Waals surface area contributed by atoms with Gasteiger partial charge in [0.05, 0.1) is 11.6 Å². The molecule has 0 aliphatic carbocycles. The number of halogens is 2. The average Bonchev–Trinajstić information content (AvgIpc) is 2.77. The molecule has 0 aromatic heterocycles. The number of hydrogen-bond donors (Lipinski definition) is 1. The minimum Gasteiger partial charge on any atom is -0.480 e. The summed E-state index contributed by atoms with van der Waals surface area (Å²) in [5, 5.41) is 17.6. The Morgan fingerprint density at radius 3 is 2.56 bits per heavy atom. The van der Waals surface area contributed by atoms with Crippen molar-refractivity contribution in [2.24, 2.45) is 0 Å². The first-order chi connectivity index (χ1) is 8.54. The lowest BCUT2D eigenvalue weighted by Gasteiger charge is -2.24. The minimum absolute atomic E-state index is 0.125. The van der Waals surface area contributed by atoms with Gasteiger partial charge in [-0.15, -0.1) is 0 Å². The maximum absolute atomic E-state index is 13.8. The highest BCUT2D eigenvalue weighted by Gasteiger charge is 2.34. The number of rotatable bonds is 2. The molecule has 1 unspecified atom stereocenters. The summed E-state index contributed by atoms with van der Waals surface area (Å²) in [6.45, 7) is 0.288. The predicted octanol–water partition coefficient (Wildman–Crippen LogP) is 1.89. The van der Waals surface area contributed by atoms with E-state index in [1.807, 2.05) is 0 Å². The molecular weight excluding hydrogens is 242 g/mol. The van der Waals surface area contributed by atoms with Gasteiger partial charge in [-0.05, 0) is 25.0 Å². The van der Waals surface area contributed by atoms with E-state index >= 15 is 0 Å². The van der Waals surface area contributed by atoms with E-state index in [2.05, 4.69) is 0 Å². The highest BCUT2D eigenvalue weighted by molar-refractivity contribution is 5.79. The Hall–Kier alpha value is -2.16. The van der Waals surface area contributed by atoms with Gasteiger partial charge in [-0.2, -0.15) is 5.26 Å². The Morgan fingerprint density at radius 1 is 1.44 bits per heavy atom. The first kappa shape index (κ1) is 12.3. The van der Waals surface area contributed by atoms with Crippen molar-refractivity contribution in [2.75, 3.05) is 11.4 Å². The lowest BCUT2D eigenvalue weighted by molar-refractivity contribution is -0.138. The van der Waals surface area contributed by atoms with Crippen molar-refractivity contribution < 1.29 is 18.7 Å². The minimum atomic E-state index is -1.10. The van der Waals surface area contributed by atoms with Crippen LogP contribution < -0.4 is 4.90 Å². The molecule has 6 heteroatoms. The largest absolute Gasteiger partial charge is 0.480 e. The van der Waals surface area contributed by atoms with Crippen LogP contribution in [0.15, 0.2) is 12.1 Å². The summed E-state index contributed by atoms with van der Waals surface area (Å²) in [6.07, 6.45) is 0.921. The molecule has 1 aliphatic heterocycles. The second-order valence-electron chi connectivity index (χ2n) is 4.09. The van der Waals surface area contributed by atoms with Crippen LogP contribution in [0.4, 0.5) is 14.5 Å². The van der Waals surface area contributed by atoms with E-state index in [1.54, 1.807) is 6.07 Å². The third-order valence-electron chi connectivity index (χ3n) is 2.97. The van der Waals surface area contributed by atoms with E-state index in [-0.39, 0.29) is 17.8 Å². The number of carboxylic acid groups (broad SMARTS) is 1. The second-order valence-corrected chi connectivity index (χ2v) is 4.09. The Kier molecular flexibility index (Phi) is 3.15. The van der Waals surface area contributed by atoms with Crippen LogP contribution in [-0.2, 0) is 4.79 Å². The Morgan fingerprint density at radius 2 is 2.06 bits per heavy atom. The van der Waals surface area contributed by atoms with Crippen LogP contribution in [0.2, 0.25) is 0 Å². The maximum atomic E-state index is 13.8. The molecule has 1 heterocycles. The highest BCUT2D eigenvalue weighted by Crippen LogP contribution is 2.31. The topological polar surface area (TPSA) is 64.3 Å². The molecule has 18 heavy (non-hydrogen) atoms. The van der Waals surface area contributed by atoms with Crippen LogP contribution in [0.3, 0.4) is 0 Å². The predicted molar refractivity (Wildman–Crippen MR) is 59.1 cm³/mol. The number of nitrogens with zero attached hydrogens (tertiary/aromatic N) is 2. The number of anilines is 1. The fraction of sp³-hybridized carbons (Fsp3) is 0.333. The van der Waals surface area contributed by atoms with Gasteiger partial charge in [0, 0.05) is 6.54 Å². The smallest absolute Gasteiger partial charge is 0.326 e. The van der Waals surface area contributed by atoms with Crippen LogP contribution in [0.25, 0.3) is 0 Å². The molecule has 1 aromatic rings. The summed E-state index contributed by atoms with van der Waals surface area (Å²) < 4.78 is 27.5. The summed E-state index contributed by atoms with van der Waals surface area (Å²) in [5.74, 6) is -2.91. The molecule has 1 saturated heterocycles. The Balaban J connectivity index is 2.45. The number of carboxylic acids is 1. The quantitative estimate of drug-likeness (QED) is 0.872. The first-order valence-corrected chi connectivity index (χ1v) is 5.43. The fourth-order valence-electron chi connectivity index (χ4n) is 2.20. The molecule has 0 saturated carbocycles. The molecule has 1 atom stereocenters. The fourth-order valence-corrected chi connectivity index (χ4v) is 2.20. The zero-order chi connectivity index (χ0) is 13.3. The Labute approximate surface area is 102 Å². The number of aliphatic carboxylic acids is 1. The van der Waals surface area contributed by atoms with Crippen molar-refractivity contribution in [1.82, 2.24) is 0 Å². The summed E-state index contributed by atoms with van der Waals surface area (Å²) >= 11 is 0. The van der Waals surface area contributed by atoms with E-state index in [4.69, 9.17) is 10.4 Å². The molecule has 0 amide bonds. The van der Waals surface area contributed by atoms with E-state index in [0.717, 1.165) is 12.1 Å². The number of nitriles is 1. The number of benzene rings is 1. The maximum Gasteiger partial charge on any atom is 0.326 e. The molecule has 1 N–H and O–H groups in total. The van der Waals surface area contributed by atoms with E-state index in [1.165, 1.54) is 4.90 Å². The molecule has 0 radical (unpaired) electrons. The van der Waals surface area contributed by atoms with Gasteiger partial charge in [-0.25, -0.2) is 13.6 Å². The summed E-state index contributed by atoms with van der Waals surface area (Å²) in [4.78, 5) is 12.2. The number of carbonyl (C=O) groups is 1. The van der Waals surface area contributed by atoms with E-state index in [9.17, 15) is 13.6 Å². The average molecular weight is 252 g/mol. The summed E-state index contributed by atoms with van der Waals surface area (Å²) in [7, 11) is 0. The van der Waals surface area contributed by atoms with Crippen LogP contribution in [0.1, 0.15) is 18.4 Å². The van der Waals surface area contributed by atoms with Crippen molar-refractivity contribution in [3.05, 3.63) is 29.3 Å². The van der Waals surface area contributed by atoms with Gasteiger partial charge >= 0.3 is 5.97 Å². The van der Waals surface area contributed by atoms with Gasteiger partial charge in [0.1, 0.15) is 11.7 Å². The normalized spacial score (nSPS) is 18.7. The standard InChI is InChI=1S/C12H10F2N2O2/c13-8-4-7(6-15)5-9(14)11(8)16-3-1-2-10(16)12(17)18/h4-5,10H,1-3H2,(H,17,18). The van der Waals surface area contributed by atoms with Crippen molar-refractivity contribution in [1.29, 1.82) is 5.26 Å². The second kappa shape index (κ2) is 4.61. The molecule has 1 fully saturated rings. The van der Waals surface area contributed by atoms with Gasteiger partial charge in [-0.3, -0.25) is 0 Å². The third kappa shape index (κ3) is 1.99. The Bertz CT molecular complexity index is 516. The molecular formula is C12H10F2N2O2. The van der Waals surface area contributed by atoms with Gasteiger partial charge in [0.25, 0.3) is 0 Å². The van der Waals surface area contributed by atoms with Crippen LogP contribution >= 0.6 is 0 Å². The molecule has 94 valence electrons. The number of hydrogen-bond acceptors (Lipinski definition) is 3.